The Morgan fingerprint density at radius 2 is 1.75 bits per heavy atom. The largest absolute Gasteiger partial charge is 0.390 e. The summed E-state index contributed by atoms with van der Waals surface area (Å²) in [5.41, 5.74) is 3.11. The van der Waals surface area contributed by atoms with Gasteiger partial charge in [-0.1, -0.05) is 13.8 Å². The second-order valence-electron chi connectivity index (χ2n) is 6.45. The number of hydrogen-bond donors (Lipinski definition) is 1. The fourth-order valence-electron chi connectivity index (χ4n) is 3.10. The Morgan fingerprint density at radius 3 is 2.43 bits per heavy atom. The molecule has 1 fully saturated rings. The Bertz CT molecular complexity index is 935. The number of fused-ring (bicyclic) bond motifs is 1. The van der Waals surface area contributed by atoms with Gasteiger partial charge in [0, 0.05) is 25.4 Å². The highest BCUT2D eigenvalue weighted by atomic mass is 16.3. The van der Waals surface area contributed by atoms with Gasteiger partial charge in [-0.3, -0.25) is 4.98 Å². The third kappa shape index (κ3) is 4.17. The number of rotatable bonds is 4. The molecule has 3 aromatic heterocycles. The maximum atomic E-state index is 9.50. The molecule has 0 amide bonds. The second kappa shape index (κ2) is 8.88. The highest BCUT2D eigenvalue weighted by molar-refractivity contribution is 5.65. The monoisotopic (exact) mass is 381 g/mol. The van der Waals surface area contributed by atoms with Crippen molar-refractivity contribution in [3.63, 3.8) is 0 Å². The van der Waals surface area contributed by atoms with Crippen molar-refractivity contribution < 1.29 is 5.11 Å². The standard InChI is InChI=1S/C18H21N7O.C2H6/c1-12-10-19-13(2)18-22-16(23-25(12)18)6-5-15-20-14(11-26)9-17(21-15)24-7-3-4-8-24;1-2/h5-6,9-10,26H,3-4,7-8,11H2,1-2H3;1-2H3/b6-5+;. The first kappa shape index (κ1) is 19.9. The van der Waals surface area contributed by atoms with Crippen molar-refractivity contribution in [2.75, 3.05) is 18.0 Å². The van der Waals surface area contributed by atoms with Crippen LogP contribution in [0.1, 0.15) is 55.4 Å². The number of nitrogens with zero attached hydrogens (tertiary/aromatic N) is 7. The van der Waals surface area contributed by atoms with Crippen molar-refractivity contribution in [2.24, 2.45) is 0 Å². The summed E-state index contributed by atoms with van der Waals surface area (Å²) in [4.78, 5) is 20.0. The summed E-state index contributed by atoms with van der Waals surface area (Å²) in [5, 5.41) is 14.0. The zero-order chi connectivity index (χ0) is 20.1. The molecule has 0 aromatic carbocycles. The second-order valence-corrected chi connectivity index (χ2v) is 6.45. The van der Waals surface area contributed by atoms with Crippen molar-refractivity contribution in [1.82, 2.24) is 29.5 Å². The van der Waals surface area contributed by atoms with E-state index in [0.29, 0.717) is 17.3 Å². The lowest BCUT2D eigenvalue weighted by Crippen LogP contribution is -2.20. The Hall–Kier alpha value is -2.87. The summed E-state index contributed by atoms with van der Waals surface area (Å²) in [6, 6.07) is 1.85. The van der Waals surface area contributed by atoms with E-state index < -0.39 is 0 Å². The molecular formula is C20H27N7O. The summed E-state index contributed by atoms with van der Waals surface area (Å²) in [6.07, 6.45) is 7.69. The molecule has 1 saturated heterocycles. The predicted octanol–water partition coefficient (Wildman–Crippen LogP) is 2.82. The van der Waals surface area contributed by atoms with E-state index >= 15 is 0 Å². The van der Waals surface area contributed by atoms with Crippen LogP contribution in [0.2, 0.25) is 0 Å². The zero-order valence-corrected chi connectivity index (χ0v) is 16.9. The molecule has 8 nitrogen and oxygen atoms in total. The number of aliphatic hydroxyl groups is 1. The SMILES string of the molecule is CC.Cc1ncc(C)n2nc(/C=C/c3nc(CO)cc(N4CCCC4)n3)nc12. The highest BCUT2D eigenvalue weighted by Crippen LogP contribution is 2.19. The van der Waals surface area contributed by atoms with Gasteiger partial charge in [-0.25, -0.2) is 19.5 Å². The Morgan fingerprint density at radius 1 is 1.04 bits per heavy atom. The Labute approximate surface area is 165 Å². The minimum atomic E-state index is -0.110. The van der Waals surface area contributed by atoms with E-state index in [1.807, 2.05) is 33.8 Å². The fraction of sp³-hybridized carbons (Fsp3) is 0.450. The van der Waals surface area contributed by atoms with Gasteiger partial charge in [0.1, 0.15) is 5.82 Å². The van der Waals surface area contributed by atoms with E-state index in [0.717, 1.165) is 35.9 Å². The summed E-state index contributed by atoms with van der Waals surface area (Å²) < 4.78 is 1.78. The van der Waals surface area contributed by atoms with Crippen LogP contribution in [0.3, 0.4) is 0 Å². The molecule has 0 aliphatic carbocycles. The maximum absolute atomic E-state index is 9.50. The molecule has 0 radical (unpaired) electrons. The van der Waals surface area contributed by atoms with Crippen molar-refractivity contribution in [3.8, 4) is 0 Å². The zero-order valence-electron chi connectivity index (χ0n) is 16.9. The number of hydrogen-bond acceptors (Lipinski definition) is 7. The lowest BCUT2D eigenvalue weighted by Gasteiger charge is -2.17. The summed E-state index contributed by atoms with van der Waals surface area (Å²) in [5.74, 6) is 1.98. The molecule has 28 heavy (non-hydrogen) atoms. The lowest BCUT2D eigenvalue weighted by atomic mass is 10.3. The molecule has 3 aromatic rings. The summed E-state index contributed by atoms with van der Waals surface area (Å²) in [6.45, 7) is 9.72. The lowest BCUT2D eigenvalue weighted by molar-refractivity contribution is 0.276. The molecule has 0 bridgehead atoms. The molecule has 8 heteroatoms. The summed E-state index contributed by atoms with van der Waals surface area (Å²) in [7, 11) is 0. The highest BCUT2D eigenvalue weighted by Gasteiger charge is 2.15. The van der Waals surface area contributed by atoms with Gasteiger partial charge < -0.3 is 10.0 Å². The molecule has 4 rings (SSSR count). The molecule has 0 spiro atoms. The number of aryl methyl sites for hydroxylation is 2. The third-order valence-electron chi connectivity index (χ3n) is 4.48. The number of aliphatic hydroxyl groups excluding tert-OH is 1. The van der Waals surface area contributed by atoms with E-state index in [9.17, 15) is 5.11 Å². The smallest absolute Gasteiger partial charge is 0.177 e. The topological polar surface area (TPSA) is 92.3 Å². The van der Waals surface area contributed by atoms with Gasteiger partial charge >= 0.3 is 0 Å². The van der Waals surface area contributed by atoms with Crippen molar-refractivity contribution in [3.05, 3.63) is 41.0 Å². The van der Waals surface area contributed by atoms with Gasteiger partial charge in [-0.15, -0.1) is 5.10 Å². The first-order chi connectivity index (χ1) is 13.6. The van der Waals surface area contributed by atoms with E-state index in [4.69, 9.17) is 0 Å². The van der Waals surface area contributed by atoms with Crippen LogP contribution >= 0.6 is 0 Å². The first-order valence-corrected chi connectivity index (χ1v) is 9.75. The quantitative estimate of drug-likeness (QED) is 0.743. The van der Waals surface area contributed by atoms with Gasteiger partial charge in [-0.05, 0) is 38.8 Å². The van der Waals surface area contributed by atoms with Crippen LogP contribution in [-0.4, -0.2) is 47.7 Å². The van der Waals surface area contributed by atoms with Crippen molar-refractivity contribution in [2.45, 2.75) is 47.1 Å². The third-order valence-corrected chi connectivity index (χ3v) is 4.48. The van der Waals surface area contributed by atoms with Gasteiger partial charge in [0.2, 0.25) is 0 Å². The van der Waals surface area contributed by atoms with Crippen LogP contribution in [-0.2, 0) is 6.61 Å². The van der Waals surface area contributed by atoms with E-state index in [-0.39, 0.29) is 6.61 Å². The minimum absolute atomic E-state index is 0.110. The van der Waals surface area contributed by atoms with Crippen LogP contribution in [0.15, 0.2) is 12.3 Å². The van der Waals surface area contributed by atoms with E-state index in [2.05, 4.69) is 29.9 Å². The normalized spacial score (nSPS) is 14.0. The van der Waals surface area contributed by atoms with Crippen LogP contribution < -0.4 is 4.90 Å². The number of anilines is 1. The van der Waals surface area contributed by atoms with E-state index in [1.165, 1.54) is 12.8 Å². The molecule has 4 heterocycles. The van der Waals surface area contributed by atoms with Gasteiger partial charge in [0.05, 0.1) is 23.7 Å². The average Bonchev–Trinajstić information content (AvgIpc) is 3.41. The molecule has 0 atom stereocenters. The van der Waals surface area contributed by atoms with Crippen LogP contribution in [0.5, 0.6) is 0 Å². The molecule has 0 saturated carbocycles. The molecule has 1 N–H and O–H groups in total. The predicted molar refractivity (Wildman–Crippen MR) is 110 cm³/mol. The maximum Gasteiger partial charge on any atom is 0.177 e. The van der Waals surface area contributed by atoms with Gasteiger partial charge in [-0.2, -0.15) is 0 Å². The van der Waals surface area contributed by atoms with Crippen LogP contribution in [0.25, 0.3) is 17.8 Å². The average molecular weight is 381 g/mol. The molecule has 1 aliphatic rings. The first-order valence-electron chi connectivity index (χ1n) is 9.75. The molecule has 148 valence electrons. The molecular weight excluding hydrogens is 354 g/mol. The van der Waals surface area contributed by atoms with Gasteiger partial charge in [0.15, 0.2) is 17.3 Å². The molecule has 1 aliphatic heterocycles. The van der Waals surface area contributed by atoms with E-state index in [1.54, 1.807) is 22.9 Å². The summed E-state index contributed by atoms with van der Waals surface area (Å²) >= 11 is 0. The van der Waals surface area contributed by atoms with Crippen LogP contribution in [0.4, 0.5) is 5.82 Å². The van der Waals surface area contributed by atoms with Gasteiger partial charge in [0.25, 0.3) is 0 Å². The molecule has 0 unspecified atom stereocenters. The Kier molecular flexibility index (Phi) is 6.30. The van der Waals surface area contributed by atoms with Crippen molar-refractivity contribution >= 4 is 23.6 Å². The van der Waals surface area contributed by atoms with Crippen LogP contribution in [0, 0.1) is 13.8 Å². The Balaban J connectivity index is 0.00000109. The van der Waals surface area contributed by atoms with Crippen molar-refractivity contribution in [1.29, 1.82) is 0 Å². The minimum Gasteiger partial charge on any atom is -0.390 e. The number of aromatic nitrogens is 6. The fourth-order valence-corrected chi connectivity index (χ4v) is 3.10.